The molecule has 2 heterocycles. The molecule has 0 aliphatic carbocycles. The summed E-state index contributed by atoms with van der Waals surface area (Å²) >= 11 is 0. The van der Waals surface area contributed by atoms with Crippen LogP contribution in [0.3, 0.4) is 0 Å². The van der Waals surface area contributed by atoms with E-state index < -0.39 is 0 Å². The molecule has 0 saturated heterocycles. The van der Waals surface area contributed by atoms with Crippen molar-refractivity contribution in [2.75, 3.05) is 0 Å². The van der Waals surface area contributed by atoms with Gasteiger partial charge < -0.3 is 10.3 Å². The highest BCUT2D eigenvalue weighted by Gasteiger charge is 2.08. The molecule has 0 saturated carbocycles. The SMILES string of the molecule is CCn1nc(C)cc1Cn1cccc1CC(C)N. The van der Waals surface area contributed by atoms with Gasteiger partial charge in [-0.1, -0.05) is 0 Å². The first-order valence-electron chi connectivity index (χ1n) is 6.53. The Balaban J connectivity index is 2.20. The molecule has 0 aliphatic rings. The van der Waals surface area contributed by atoms with Gasteiger partial charge in [0.1, 0.15) is 0 Å². The van der Waals surface area contributed by atoms with Crippen LogP contribution in [0.1, 0.15) is 30.9 Å². The van der Waals surface area contributed by atoms with Gasteiger partial charge in [0.25, 0.3) is 0 Å². The van der Waals surface area contributed by atoms with Crippen LogP contribution >= 0.6 is 0 Å². The number of hydrogen-bond acceptors (Lipinski definition) is 2. The minimum Gasteiger partial charge on any atom is -0.345 e. The lowest BCUT2D eigenvalue weighted by Crippen LogP contribution is -2.20. The van der Waals surface area contributed by atoms with E-state index in [1.54, 1.807) is 0 Å². The van der Waals surface area contributed by atoms with Crippen LogP contribution in [0.2, 0.25) is 0 Å². The summed E-state index contributed by atoms with van der Waals surface area (Å²) in [7, 11) is 0. The Kier molecular flexibility index (Phi) is 3.87. The summed E-state index contributed by atoms with van der Waals surface area (Å²) in [6.07, 6.45) is 3.02. The smallest absolute Gasteiger partial charge is 0.0642 e. The molecule has 2 aromatic heterocycles. The molecule has 2 N–H and O–H groups in total. The first-order chi connectivity index (χ1) is 8.60. The highest BCUT2D eigenvalue weighted by atomic mass is 15.3. The van der Waals surface area contributed by atoms with Crippen LogP contribution in [0.5, 0.6) is 0 Å². The van der Waals surface area contributed by atoms with E-state index in [-0.39, 0.29) is 6.04 Å². The molecule has 1 atom stereocenters. The normalized spacial score (nSPS) is 12.9. The minimum atomic E-state index is 0.191. The first-order valence-corrected chi connectivity index (χ1v) is 6.53. The number of rotatable bonds is 5. The summed E-state index contributed by atoms with van der Waals surface area (Å²) in [4.78, 5) is 0. The molecule has 0 aliphatic heterocycles. The van der Waals surface area contributed by atoms with E-state index in [1.807, 2.05) is 13.8 Å². The van der Waals surface area contributed by atoms with Crippen LogP contribution in [0.25, 0.3) is 0 Å². The van der Waals surface area contributed by atoms with Crippen LogP contribution in [0, 0.1) is 6.92 Å². The Morgan fingerprint density at radius 3 is 2.83 bits per heavy atom. The van der Waals surface area contributed by atoms with E-state index >= 15 is 0 Å². The van der Waals surface area contributed by atoms with Gasteiger partial charge in [0.05, 0.1) is 17.9 Å². The zero-order chi connectivity index (χ0) is 13.1. The van der Waals surface area contributed by atoms with Gasteiger partial charge in [-0.05, 0) is 39.0 Å². The zero-order valence-corrected chi connectivity index (χ0v) is 11.4. The third-order valence-corrected chi connectivity index (χ3v) is 3.07. The van der Waals surface area contributed by atoms with Crippen molar-refractivity contribution < 1.29 is 0 Å². The second kappa shape index (κ2) is 5.40. The van der Waals surface area contributed by atoms with Crippen molar-refractivity contribution in [1.29, 1.82) is 0 Å². The van der Waals surface area contributed by atoms with Crippen molar-refractivity contribution in [3.8, 4) is 0 Å². The second-order valence-corrected chi connectivity index (χ2v) is 4.90. The summed E-state index contributed by atoms with van der Waals surface area (Å²) in [5.41, 5.74) is 9.48. The van der Waals surface area contributed by atoms with E-state index in [2.05, 4.69) is 45.7 Å². The lowest BCUT2D eigenvalue weighted by atomic mass is 10.2. The zero-order valence-electron chi connectivity index (χ0n) is 11.4. The first kappa shape index (κ1) is 12.9. The standard InChI is InChI=1S/C14H22N4/c1-4-18-14(9-12(3)16-18)10-17-7-5-6-13(17)8-11(2)15/h5-7,9,11H,4,8,10,15H2,1-3H3. The summed E-state index contributed by atoms with van der Waals surface area (Å²) in [5.74, 6) is 0. The Morgan fingerprint density at radius 1 is 1.39 bits per heavy atom. The highest BCUT2D eigenvalue weighted by Crippen LogP contribution is 2.11. The number of nitrogens with zero attached hydrogens (tertiary/aromatic N) is 3. The third kappa shape index (κ3) is 2.82. The van der Waals surface area contributed by atoms with Gasteiger partial charge in [0.2, 0.25) is 0 Å². The Labute approximate surface area is 108 Å². The molecule has 0 amide bonds. The maximum atomic E-state index is 5.88. The molecule has 98 valence electrons. The van der Waals surface area contributed by atoms with Crippen molar-refractivity contribution >= 4 is 0 Å². The van der Waals surface area contributed by atoms with E-state index in [0.717, 1.165) is 25.2 Å². The lowest BCUT2D eigenvalue weighted by molar-refractivity contribution is 0.584. The molecule has 0 radical (unpaired) electrons. The summed E-state index contributed by atoms with van der Waals surface area (Å²) < 4.78 is 4.32. The molecule has 2 rings (SSSR count). The van der Waals surface area contributed by atoms with Crippen molar-refractivity contribution in [2.24, 2.45) is 5.73 Å². The van der Waals surface area contributed by atoms with E-state index in [0.29, 0.717) is 0 Å². The largest absolute Gasteiger partial charge is 0.345 e. The number of aromatic nitrogens is 3. The molecule has 1 unspecified atom stereocenters. The molecule has 4 nitrogen and oxygen atoms in total. The Bertz CT molecular complexity index is 508. The maximum absolute atomic E-state index is 5.88. The van der Waals surface area contributed by atoms with Crippen LogP contribution < -0.4 is 5.73 Å². The predicted octanol–water partition coefficient (Wildman–Crippen LogP) is 1.95. The number of hydrogen-bond donors (Lipinski definition) is 1. The average molecular weight is 246 g/mol. The average Bonchev–Trinajstić information content (AvgIpc) is 2.86. The fourth-order valence-corrected chi connectivity index (χ4v) is 2.29. The topological polar surface area (TPSA) is 48.8 Å². The van der Waals surface area contributed by atoms with Crippen molar-refractivity contribution in [3.05, 3.63) is 41.5 Å². The molecule has 0 bridgehead atoms. The molecule has 2 aromatic rings. The van der Waals surface area contributed by atoms with Crippen LogP contribution in [-0.2, 0) is 19.5 Å². The summed E-state index contributed by atoms with van der Waals surface area (Å²) in [5, 5.41) is 4.48. The number of aryl methyl sites for hydroxylation is 2. The highest BCUT2D eigenvalue weighted by molar-refractivity contribution is 5.14. The fraction of sp³-hybridized carbons (Fsp3) is 0.500. The van der Waals surface area contributed by atoms with E-state index in [4.69, 9.17) is 5.73 Å². The molecule has 0 aromatic carbocycles. The van der Waals surface area contributed by atoms with Gasteiger partial charge in [-0.25, -0.2) is 0 Å². The molecule has 0 spiro atoms. The van der Waals surface area contributed by atoms with Gasteiger partial charge in [0.15, 0.2) is 0 Å². The Hall–Kier alpha value is -1.55. The maximum Gasteiger partial charge on any atom is 0.0642 e. The van der Waals surface area contributed by atoms with Crippen molar-refractivity contribution in [3.63, 3.8) is 0 Å². The predicted molar refractivity (Wildman–Crippen MR) is 73.5 cm³/mol. The molecular formula is C14H22N4. The van der Waals surface area contributed by atoms with Gasteiger partial charge in [-0.2, -0.15) is 5.10 Å². The molecule has 4 heteroatoms. The van der Waals surface area contributed by atoms with E-state index in [1.165, 1.54) is 11.4 Å². The summed E-state index contributed by atoms with van der Waals surface area (Å²) in [6, 6.07) is 6.57. The van der Waals surface area contributed by atoms with Crippen LogP contribution in [-0.4, -0.2) is 20.4 Å². The van der Waals surface area contributed by atoms with Crippen molar-refractivity contribution in [1.82, 2.24) is 14.3 Å². The monoisotopic (exact) mass is 246 g/mol. The van der Waals surface area contributed by atoms with Gasteiger partial charge in [-0.3, -0.25) is 4.68 Å². The molecule has 0 fully saturated rings. The molecule has 18 heavy (non-hydrogen) atoms. The van der Waals surface area contributed by atoms with E-state index in [9.17, 15) is 0 Å². The fourth-order valence-electron chi connectivity index (χ4n) is 2.29. The van der Waals surface area contributed by atoms with Gasteiger partial charge in [0, 0.05) is 30.9 Å². The number of nitrogens with two attached hydrogens (primary N) is 1. The lowest BCUT2D eigenvalue weighted by Gasteiger charge is -2.12. The second-order valence-electron chi connectivity index (χ2n) is 4.90. The summed E-state index contributed by atoms with van der Waals surface area (Å²) in [6.45, 7) is 7.97. The Morgan fingerprint density at radius 2 is 2.17 bits per heavy atom. The van der Waals surface area contributed by atoms with Crippen molar-refractivity contribution in [2.45, 2.75) is 46.3 Å². The molecular weight excluding hydrogens is 224 g/mol. The quantitative estimate of drug-likeness (QED) is 0.876. The van der Waals surface area contributed by atoms with Gasteiger partial charge >= 0.3 is 0 Å². The minimum absolute atomic E-state index is 0.191. The van der Waals surface area contributed by atoms with Crippen LogP contribution in [0.15, 0.2) is 24.4 Å². The van der Waals surface area contributed by atoms with Gasteiger partial charge in [-0.15, -0.1) is 0 Å². The van der Waals surface area contributed by atoms with Crippen LogP contribution in [0.4, 0.5) is 0 Å². The third-order valence-electron chi connectivity index (χ3n) is 3.07.